The molecule has 1 N–H and O–H groups in total. The van der Waals surface area contributed by atoms with Gasteiger partial charge in [-0.3, -0.25) is 13.9 Å². The standard InChI is InChI=1S/C20H21Cl2N3O4S/c1-30(28,29)25(18-10-15(21)9-16(22)11-18)13-19(26)23-12-14-4-2-5-17(8-14)24-7-3-6-20(24)27/h2,4-5,8-11H,3,6-7,12-13H2,1H3,(H,23,26). The van der Waals surface area contributed by atoms with E-state index in [1.165, 1.54) is 18.2 Å². The number of amides is 2. The van der Waals surface area contributed by atoms with Gasteiger partial charge in [0.1, 0.15) is 6.54 Å². The molecule has 0 atom stereocenters. The van der Waals surface area contributed by atoms with E-state index in [2.05, 4.69) is 5.32 Å². The lowest BCUT2D eigenvalue weighted by Crippen LogP contribution is -2.40. The molecule has 2 aromatic rings. The highest BCUT2D eigenvalue weighted by atomic mass is 35.5. The number of nitrogens with zero attached hydrogens (tertiary/aromatic N) is 2. The highest BCUT2D eigenvalue weighted by Gasteiger charge is 2.23. The molecule has 0 saturated carbocycles. The summed E-state index contributed by atoms with van der Waals surface area (Å²) in [4.78, 5) is 26.1. The number of carbonyl (C=O) groups is 2. The Morgan fingerprint density at radius 1 is 1.17 bits per heavy atom. The zero-order chi connectivity index (χ0) is 21.9. The second-order valence-corrected chi connectivity index (χ2v) is 9.77. The lowest BCUT2D eigenvalue weighted by Gasteiger charge is -2.22. The number of anilines is 2. The third kappa shape index (κ3) is 5.65. The predicted octanol–water partition coefficient (Wildman–Crippen LogP) is 3.20. The number of carbonyl (C=O) groups excluding carboxylic acids is 2. The van der Waals surface area contributed by atoms with Crippen molar-refractivity contribution in [1.29, 1.82) is 0 Å². The molecule has 0 radical (unpaired) electrons. The molecule has 1 aliphatic rings. The molecule has 0 unspecified atom stereocenters. The average molecular weight is 470 g/mol. The van der Waals surface area contributed by atoms with Crippen LogP contribution in [0.15, 0.2) is 42.5 Å². The quantitative estimate of drug-likeness (QED) is 0.674. The zero-order valence-electron chi connectivity index (χ0n) is 16.3. The van der Waals surface area contributed by atoms with Gasteiger partial charge in [-0.15, -0.1) is 0 Å². The Bertz CT molecular complexity index is 1060. The van der Waals surface area contributed by atoms with Crippen LogP contribution in [0.1, 0.15) is 18.4 Å². The van der Waals surface area contributed by atoms with Gasteiger partial charge in [0, 0.05) is 35.2 Å². The fourth-order valence-electron chi connectivity index (χ4n) is 3.23. The minimum atomic E-state index is -3.74. The summed E-state index contributed by atoms with van der Waals surface area (Å²) in [5.74, 6) is -0.403. The van der Waals surface area contributed by atoms with Crippen LogP contribution >= 0.6 is 23.2 Å². The molecule has 7 nitrogen and oxygen atoms in total. The first-order valence-corrected chi connectivity index (χ1v) is 11.8. The Morgan fingerprint density at radius 2 is 1.87 bits per heavy atom. The molecule has 1 aliphatic heterocycles. The van der Waals surface area contributed by atoms with E-state index in [0.29, 0.717) is 13.0 Å². The van der Waals surface area contributed by atoms with E-state index in [9.17, 15) is 18.0 Å². The first-order chi connectivity index (χ1) is 14.1. The molecular weight excluding hydrogens is 449 g/mol. The molecule has 1 saturated heterocycles. The van der Waals surface area contributed by atoms with Crippen molar-refractivity contribution in [3.8, 4) is 0 Å². The van der Waals surface area contributed by atoms with Crippen LogP contribution in [-0.4, -0.2) is 39.6 Å². The first-order valence-electron chi connectivity index (χ1n) is 9.23. The van der Waals surface area contributed by atoms with Gasteiger partial charge in [0.25, 0.3) is 0 Å². The summed E-state index contributed by atoms with van der Waals surface area (Å²) < 4.78 is 25.4. The lowest BCUT2D eigenvalue weighted by molar-refractivity contribution is -0.120. The van der Waals surface area contributed by atoms with E-state index in [4.69, 9.17) is 23.2 Å². The molecule has 2 amide bonds. The lowest BCUT2D eigenvalue weighted by atomic mass is 10.2. The molecule has 2 aromatic carbocycles. The van der Waals surface area contributed by atoms with Gasteiger partial charge in [0.15, 0.2) is 0 Å². The van der Waals surface area contributed by atoms with Crippen molar-refractivity contribution in [1.82, 2.24) is 5.32 Å². The summed E-state index contributed by atoms with van der Waals surface area (Å²) in [7, 11) is -3.74. The van der Waals surface area contributed by atoms with Crippen LogP contribution in [-0.2, 0) is 26.2 Å². The highest BCUT2D eigenvalue weighted by Crippen LogP contribution is 2.27. The minimum absolute atomic E-state index is 0.0835. The zero-order valence-corrected chi connectivity index (χ0v) is 18.6. The van der Waals surface area contributed by atoms with Crippen molar-refractivity contribution in [3.63, 3.8) is 0 Å². The van der Waals surface area contributed by atoms with Gasteiger partial charge in [-0.05, 0) is 42.3 Å². The average Bonchev–Trinajstić information content (AvgIpc) is 3.09. The fourth-order valence-corrected chi connectivity index (χ4v) is 4.58. The summed E-state index contributed by atoms with van der Waals surface area (Å²) in [5.41, 5.74) is 1.80. The van der Waals surface area contributed by atoms with E-state index in [0.717, 1.165) is 28.2 Å². The Labute approximate surface area is 185 Å². The van der Waals surface area contributed by atoms with E-state index < -0.39 is 22.5 Å². The van der Waals surface area contributed by atoms with Crippen molar-refractivity contribution in [2.45, 2.75) is 19.4 Å². The summed E-state index contributed by atoms with van der Waals surface area (Å²) in [6.07, 6.45) is 2.37. The number of hydrogen-bond donors (Lipinski definition) is 1. The fraction of sp³-hybridized carbons (Fsp3) is 0.300. The van der Waals surface area contributed by atoms with Gasteiger partial charge in [0.2, 0.25) is 21.8 Å². The number of hydrogen-bond acceptors (Lipinski definition) is 4. The molecule has 1 fully saturated rings. The maximum atomic E-state index is 12.5. The van der Waals surface area contributed by atoms with Crippen molar-refractivity contribution in [2.75, 3.05) is 28.6 Å². The Hall–Kier alpha value is -2.29. The minimum Gasteiger partial charge on any atom is -0.350 e. The van der Waals surface area contributed by atoms with E-state index >= 15 is 0 Å². The van der Waals surface area contributed by atoms with Gasteiger partial charge in [0.05, 0.1) is 11.9 Å². The van der Waals surface area contributed by atoms with Crippen LogP contribution in [0.2, 0.25) is 10.0 Å². The van der Waals surface area contributed by atoms with E-state index in [-0.39, 0.29) is 28.2 Å². The SMILES string of the molecule is CS(=O)(=O)N(CC(=O)NCc1cccc(N2CCCC2=O)c1)c1cc(Cl)cc(Cl)c1. The smallest absolute Gasteiger partial charge is 0.241 e. The van der Waals surface area contributed by atoms with Gasteiger partial charge in [-0.1, -0.05) is 35.3 Å². The molecule has 0 spiro atoms. The molecule has 160 valence electrons. The van der Waals surface area contributed by atoms with Crippen LogP contribution in [0.3, 0.4) is 0 Å². The van der Waals surface area contributed by atoms with Crippen LogP contribution in [0.4, 0.5) is 11.4 Å². The summed E-state index contributed by atoms with van der Waals surface area (Å²) in [6, 6.07) is 11.7. The summed E-state index contributed by atoms with van der Waals surface area (Å²) >= 11 is 11.9. The Kier molecular flexibility index (Phi) is 6.90. The van der Waals surface area contributed by atoms with Gasteiger partial charge in [-0.25, -0.2) is 8.42 Å². The van der Waals surface area contributed by atoms with E-state index in [1.54, 1.807) is 4.90 Å². The molecule has 30 heavy (non-hydrogen) atoms. The highest BCUT2D eigenvalue weighted by molar-refractivity contribution is 7.92. The van der Waals surface area contributed by atoms with Gasteiger partial charge in [-0.2, -0.15) is 0 Å². The third-order valence-electron chi connectivity index (χ3n) is 4.61. The van der Waals surface area contributed by atoms with Crippen LogP contribution in [0.5, 0.6) is 0 Å². The topological polar surface area (TPSA) is 86.8 Å². The second-order valence-electron chi connectivity index (χ2n) is 6.99. The van der Waals surface area contributed by atoms with E-state index in [1.807, 2.05) is 24.3 Å². The van der Waals surface area contributed by atoms with Crippen molar-refractivity contribution < 1.29 is 18.0 Å². The number of benzene rings is 2. The molecule has 3 rings (SSSR count). The summed E-state index contributed by atoms with van der Waals surface area (Å²) in [6.45, 7) is 0.461. The molecule has 0 bridgehead atoms. The Balaban J connectivity index is 1.68. The summed E-state index contributed by atoms with van der Waals surface area (Å²) in [5, 5.41) is 3.24. The first kappa shape index (κ1) is 22.4. The second kappa shape index (κ2) is 9.24. The largest absolute Gasteiger partial charge is 0.350 e. The number of sulfonamides is 1. The Morgan fingerprint density at radius 3 is 2.47 bits per heavy atom. The third-order valence-corrected chi connectivity index (χ3v) is 6.19. The molecule has 1 heterocycles. The normalized spacial score (nSPS) is 14.1. The van der Waals surface area contributed by atoms with Crippen LogP contribution in [0.25, 0.3) is 0 Å². The molecular formula is C20H21Cl2N3O4S. The monoisotopic (exact) mass is 469 g/mol. The van der Waals surface area contributed by atoms with Crippen molar-refractivity contribution in [3.05, 3.63) is 58.1 Å². The number of rotatable bonds is 7. The maximum absolute atomic E-state index is 12.5. The van der Waals surface area contributed by atoms with Gasteiger partial charge < -0.3 is 10.2 Å². The number of halogens is 2. The number of nitrogens with one attached hydrogen (secondary N) is 1. The van der Waals surface area contributed by atoms with Crippen molar-refractivity contribution >= 4 is 56.4 Å². The molecule has 0 aliphatic carbocycles. The molecule has 0 aromatic heterocycles. The van der Waals surface area contributed by atoms with Crippen LogP contribution < -0.4 is 14.5 Å². The maximum Gasteiger partial charge on any atom is 0.241 e. The van der Waals surface area contributed by atoms with Crippen LogP contribution in [0, 0.1) is 0 Å². The van der Waals surface area contributed by atoms with Gasteiger partial charge >= 0.3 is 0 Å². The predicted molar refractivity (Wildman–Crippen MR) is 119 cm³/mol. The van der Waals surface area contributed by atoms with Crippen molar-refractivity contribution in [2.24, 2.45) is 0 Å². The molecule has 10 heteroatoms.